The number of aromatic nitrogens is 3. The van der Waals surface area contributed by atoms with Crippen LogP contribution in [0.3, 0.4) is 0 Å². The molecule has 0 unspecified atom stereocenters. The van der Waals surface area contributed by atoms with Crippen LogP contribution in [0.1, 0.15) is 55.8 Å². The Labute approximate surface area is 137 Å². The number of hydrogen-bond donors (Lipinski definition) is 0. The summed E-state index contributed by atoms with van der Waals surface area (Å²) in [6.45, 7) is 3.25. The second kappa shape index (κ2) is 9.08. The van der Waals surface area contributed by atoms with E-state index in [0.717, 1.165) is 12.4 Å². The van der Waals surface area contributed by atoms with Crippen molar-refractivity contribution in [3.8, 4) is 5.82 Å². The molecule has 23 heavy (non-hydrogen) atoms. The molecule has 0 saturated heterocycles. The molecule has 124 valence electrons. The van der Waals surface area contributed by atoms with E-state index in [9.17, 15) is 4.79 Å². The third-order valence-electron chi connectivity index (χ3n) is 3.89. The van der Waals surface area contributed by atoms with Crippen LogP contribution in [-0.4, -0.2) is 22.6 Å². The van der Waals surface area contributed by atoms with Crippen molar-refractivity contribution in [2.75, 3.05) is 7.11 Å². The summed E-state index contributed by atoms with van der Waals surface area (Å²) in [6, 6.07) is 3.39. The van der Waals surface area contributed by atoms with Crippen molar-refractivity contribution >= 4 is 5.97 Å². The van der Waals surface area contributed by atoms with E-state index in [1.165, 1.54) is 45.6 Å². The van der Waals surface area contributed by atoms with Crippen molar-refractivity contribution < 1.29 is 14.1 Å². The molecular weight excluding hydrogens is 290 g/mol. The summed E-state index contributed by atoms with van der Waals surface area (Å²) in [5, 5.41) is 0. The van der Waals surface area contributed by atoms with Crippen molar-refractivity contribution in [1.29, 1.82) is 0 Å². The van der Waals surface area contributed by atoms with E-state index in [1.807, 2.05) is 23.3 Å². The number of aryl methyl sites for hydroxylation is 1. The van der Waals surface area contributed by atoms with Gasteiger partial charge in [-0.2, -0.15) is 4.57 Å². The molecule has 0 N–H and O–H groups in total. The molecule has 2 rings (SSSR count). The summed E-state index contributed by atoms with van der Waals surface area (Å²) >= 11 is 0. The van der Waals surface area contributed by atoms with Gasteiger partial charge in [0.15, 0.2) is 0 Å². The average molecular weight is 316 g/mol. The standard InChI is InChI=1S/C18H26N3O2/c1-3-4-5-6-7-8-11-20-12-13-21(15-20)17-14-16(9-10-19-17)18(22)23-2/h9-10,12-15H,3-8,11H2,1-2H3/q+1. The van der Waals surface area contributed by atoms with Gasteiger partial charge in [-0.15, -0.1) is 0 Å². The largest absolute Gasteiger partial charge is 0.465 e. The minimum atomic E-state index is -0.347. The molecule has 2 heterocycles. The number of nitrogens with zero attached hydrogens (tertiary/aromatic N) is 3. The van der Waals surface area contributed by atoms with E-state index in [2.05, 4.69) is 16.5 Å². The molecule has 0 aliphatic carbocycles. The quantitative estimate of drug-likeness (QED) is 0.405. The van der Waals surface area contributed by atoms with Crippen LogP contribution in [0.2, 0.25) is 0 Å². The van der Waals surface area contributed by atoms with Gasteiger partial charge < -0.3 is 4.74 Å². The first-order valence-corrected chi connectivity index (χ1v) is 8.36. The number of hydrogen-bond acceptors (Lipinski definition) is 3. The Balaban J connectivity index is 1.90. The fraction of sp³-hybridized carbons (Fsp3) is 0.500. The van der Waals surface area contributed by atoms with Crippen molar-refractivity contribution in [3.63, 3.8) is 0 Å². The fourth-order valence-electron chi connectivity index (χ4n) is 2.54. The number of rotatable bonds is 9. The maximum Gasteiger partial charge on any atom is 0.338 e. The number of carbonyl (C=O) groups excluding carboxylic acids is 1. The van der Waals surface area contributed by atoms with Crippen LogP contribution in [0.5, 0.6) is 0 Å². The average Bonchev–Trinajstić information content (AvgIpc) is 3.06. The van der Waals surface area contributed by atoms with Crippen LogP contribution in [0.15, 0.2) is 37.1 Å². The van der Waals surface area contributed by atoms with Crippen LogP contribution in [-0.2, 0) is 11.3 Å². The molecule has 5 nitrogen and oxygen atoms in total. The maximum atomic E-state index is 11.6. The van der Waals surface area contributed by atoms with Gasteiger partial charge in [0.2, 0.25) is 12.1 Å². The molecule has 0 fully saturated rings. The molecule has 0 aromatic carbocycles. The maximum absolute atomic E-state index is 11.6. The second-order valence-corrected chi connectivity index (χ2v) is 5.72. The molecule has 5 heteroatoms. The van der Waals surface area contributed by atoms with E-state index in [1.54, 1.807) is 18.3 Å². The predicted octanol–water partition coefficient (Wildman–Crippen LogP) is 3.31. The molecule has 0 atom stereocenters. The number of methoxy groups -OCH3 is 1. The molecular formula is C18H26N3O2+. The molecule has 0 aliphatic heterocycles. The Kier molecular flexibility index (Phi) is 6.78. The van der Waals surface area contributed by atoms with Crippen molar-refractivity contribution in [1.82, 2.24) is 9.55 Å². The van der Waals surface area contributed by atoms with Crippen LogP contribution < -0.4 is 4.57 Å². The van der Waals surface area contributed by atoms with E-state index >= 15 is 0 Å². The second-order valence-electron chi connectivity index (χ2n) is 5.72. The van der Waals surface area contributed by atoms with Crippen molar-refractivity contribution in [2.24, 2.45) is 0 Å². The summed E-state index contributed by atoms with van der Waals surface area (Å²) < 4.78 is 8.82. The summed E-state index contributed by atoms with van der Waals surface area (Å²) in [5.74, 6) is 0.371. The van der Waals surface area contributed by atoms with E-state index in [0.29, 0.717) is 5.56 Å². The topological polar surface area (TPSA) is 48.0 Å². The molecule has 0 amide bonds. The molecule has 0 saturated carbocycles. The van der Waals surface area contributed by atoms with E-state index in [-0.39, 0.29) is 5.97 Å². The first kappa shape index (κ1) is 17.2. The van der Waals surface area contributed by atoms with Crippen LogP contribution in [0, 0.1) is 0 Å². The zero-order valence-electron chi connectivity index (χ0n) is 14.1. The zero-order chi connectivity index (χ0) is 16.5. The number of esters is 1. The van der Waals surface area contributed by atoms with Gasteiger partial charge in [0.25, 0.3) is 0 Å². The van der Waals surface area contributed by atoms with E-state index in [4.69, 9.17) is 4.74 Å². The number of pyridine rings is 1. The van der Waals surface area contributed by atoms with Crippen LogP contribution >= 0.6 is 0 Å². The van der Waals surface area contributed by atoms with Gasteiger partial charge in [-0.05, 0) is 18.9 Å². The van der Waals surface area contributed by atoms with Crippen LogP contribution in [0.25, 0.3) is 5.82 Å². The molecule has 0 spiro atoms. The number of ether oxygens (including phenoxy) is 1. The summed E-state index contributed by atoms with van der Waals surface area (Å²) in [5.41, 5.74) is 0.508. The van der Waals surface area contributed by atoms with Crippen molar-refractivity contribution in [2.45, 2.75) is 52.0 Å². The van der Waals surface area contributed by atoms with Gasteiger partial charge >= 0.3 is 5.97 Å². The lowest BCUT2D eigenvalue weighted by Crippen LogP contribution is -2.30. The van der Waals surface area contributed by atoms with Gasteiger partial charge in [0.05, 0.1) is 19.2 Å². The molecule has 0 bridgehead atoms. The lowest BCUT2D eigenvalue weighted by atomic mass is 10.1. The summed E-state index contributed by atoms with van der Waals surface area (Å²) in [6.07, 6.45) is 15.4. The van der Waals surface area contributed by atoms with Gasteiger partial charge in [-0.1, -0.05) is 32.6 Å². The van der Waals surface area contributed by atoms with Gasteiger partial charge in [0, 0.05) is 12.3 Å². The van der Waals surface area contributed by atoms with Gasteiger partial charge in [0.1, 0.15) is 12.4 Å². The lowest BCUT2D eigenvalue weighted by Gasteiger charge is -2.00. The van der Waals surface area contributed by atoms with Gasteiger partial charge in [-0.3, -0.25) is 0 Å². The normalized spacial score (nSPS) is 10.7. The number of unbranched alkanes of at least 4 members (excludes halogenated alkanes) is 5. The summed E-state index contributed by atoms with van der Waals surface area (Å²) in [4.78, 5) is 15.9. The third-order valence-corrected chi connectivity index (χ3v) is 3.89. The smallest absolute Gasteiger partial charge is 0.338 e. The minimum Gasteiger partial charge on any atom is -0.465 e. The fourth-order valence-corrected chi connectivity index (χ4v) is 2.54. The molecule has 2 aromatic heterocycles. The SMILES string of the molecule is CCCCCCCC[n+]1ccn(-c2cc(C(=O)OC)ccn2)c1. The lowest BCUT2D eigenvalue weighted by molar-refractivity contribution is -0.696. The third kappa shape index (κ3) is 5.20. The molecule has 2 aromatic rings. The number of carbonyl (C=O) groups is 1. The number of imidazole rings is 1. The first-order valence-electron chi connectivity index (χ1n) is 8.36. The Hall–Kier alpha value is -2.17. The molecule has 0 radical (unpaired) electrons. The van der Waals surface area contributed by atoms with Crippen molar-refractivity contribution in [3.05, 3.63) is 42.6 Å². The zero-order valence-corrected chi connectivity index (χ0v) is 14.1. The highest BCUT2D eigenvalue weighted by molar-refractivity contribution is 5.89. The van der Waals surface area contributed by atoms with E-state index < -0.39 is 0 Å². The highest BCUT2D eigenvalue weighted by atomic mass is 16.5. The Bertz CT molecular complexity index is 622. The highest BCUT2D eigenvalue weighted by Gasteiger charge is 2.12. The predicted molar refractivity (Wildman–Crippen MR) is 88.5 cm³/mol. The summed E-state index contributed by atoms with van der Waals surface area (Å²) in [7, 11) is 1.38. The minimum absolute atomic E-state index is 0.347. The monoisotopic (exact) mass is 316 g/mol. The first-order chi connectivity index (χ1) is 11.2. The van der Waals surface area contributed by atoms with Gasteiger partial charge in [-0.25, -0.2) is 14.3 Å². The molecule has 0 aliphatic rings. The highest BCUT2D eigenvalue weighted by Crippen LogP contribution is 2.08. The Morgan fingerprint density at radius 1 is 1.26 bits per heavy atom. The Morgan fingerprint density at radius 3 is 2.83 bits per heavy atom. The Morgan fingerprint density at radius 2 is 2.04 bits per heavy atom. The van der Waals surface area contributed by atoms with Crippen LogP contribution in [0.4, 0.5) is 0 Å².